The summed E-state index contributed by atoms with van der Waals surface area (Å²) >= 11 is 0. The molecular weight excluding hydrogens is 591 g/mol. The fourth-order valence-corrected chi connectivity index (χ4v) is 7.06. The molecule has 0 radical (unpaired) electrons. The summed E-state index contributed by atoms with van der Waals surface area (Å²) < 4.78 is 11.4. The lowest BCUT2D eigenvalue weighted by atomic mass is 9.49. The number of carbonyl (C=O) groups excluding carboxylic acids is 2. The van der Waals surface area contributed by atoms with E-state index < -0.39 is 19.7 Å². The average Bonchev–Trinajstić information content (AvgIpc) is 2.93. The zero-order valence-corrected chi connectivity index (χ0v) is 30.6. The van der Waals surface area contributed by atoms with Crippen LogP contribution in [0.15, 0.2) is 54.2 Å². The number of hydrogen-bond acceptors (Lipinski definition) is 5. The molecule has 0 aromatic heterocycles. The van der Waals surface area contributed by atoms with Crippen molar-refractivity contribution in [3.8, 4) is 17.2 Å². The third-order valence-corrected chi connectivity index (χ3v) is 10.0. The molecule has 1 aromatic carbocycles. The second kappa shape index (κ2) is 14.2. The van der Waals surface area contributed by atoms with Gasteiger partial charge in [-0.15, -0.1) is 5.54 Å². The Morgan fingerprint density at radius 2 is 1.89 bits per heavy atom. The van der Waals surface area contributed by atoms with Gasteiger partial charge in [0.05, 0.1) is 19.3 Å². The van der Waals surface area contributed by atoms with Crippen LogP contribution < -0.4 is 10.1 Å². The van der Waals surface area contributed by atoms with E-state index in [9.17, 15) is 9.59 Å². The highest BCUT2D eigenvalue weighted by molar-refractivity contribution is 6.84. The van der Waals surface area contributed by atoms with Gasteiger partial charge in [0, 0.05) is 18.5 Å². The van der Waals surface area contributed by atoms with Gasteiger partial charge >= 0.3 is 6.09 Å². The van der Waals surface area contributed by atoms with Crippen LogP contribution >= 0.6 is 0 Å². The maximum atomic E-state index is 14.0. The summed E-state index contributed by atoms with van der Waals surface area (Å²) in [6.45, 7) is 22.1. The lowest BCUT2D eigenvalue weighted by molar-refractivity contribution is -0.134. The minimum Gasteiger partial charge on any atom is -0.497 e. The van der Waals surface area contributed by atoms with Crippen molar-refractivity contribution < 1.29 is 19.1 Å². The highest BCUT2D eigenvalue weighted by Gasteiger charge is 2.61. The first-order valence-corrected chi connectivity index (χ1v) is 20.4. The van der Waals surface area contributed by atoms with Crippen LogP contribution in [-0.2, 0) is 16.0 Å². The lowest BCUT2D eigenvalue weighted by Crippen LogP contribution is -2.70. The van der Waals surface area contributed by atoms with Gasteiger partial charge in [0.2, 0.25) is 0 Å². The van der Waals surface area contributed by atoms with Gasteiger partial charge in [0.15, 0.2) is 0 Å². The number of nitrogens with one attached hydrogen (secondary N) is 1. The first kappa shape index (κ1) is 35.6. The Morgan fingerprint density at radius 1 is 1.20 bits per heavy atom. The Labute approximate surface area is 278 Å². The number of fused-ring (bicyclic) bond motifs is 1. The van der Waals surface area contributed by atoms with E-state index in [-0.39, 0.29) is 23.7 Å². The zero-order valence-electron chi connectivity index (χ0n) is 29.6. The molecule has 0 unspecified atom stereocenters. The summed E-state index contributed by atoms with van der Waals surface area (Å²) in [4.78, 5) is 31.2. The van der Waals surface area contributed by atoms with E-state index in [4.69, 9.17) is 9.47 Å². The van der Waals surface area contributed by atoms with Gasteiger partial charge in [-0.2, -0.15) is 0 Å². The van der Waals surface area contributed by atoms with Gasteiger partial charge in [-0.3, -0.25) is 15.0 Å². The summed E-state index contributed by atoms with van der Waals surface area (Å²) in [6, 6.07) is 5.66. The second-order valence-corrected chi connectivity index (χ2v) is 20.0. The van der Waals surface area contributed by atoms with Crippen LogP contribution in [-0.4, -0.2) is 67.4 Å². The summed E-state index contributed by atoms with van der Waals surface area (Å²) in [5.41, 5.74) is 6.56. The van der Waals surface area contributed by atoms with Crippen molar-refractivity contribution in [2.45, 2.75) is 116 Å². The summed E-state index contributed by atoms with van der Waals surface area (Å²) in [6.07, 6.45) is 11.4. The number of ether oxygens (including phenoxy) is 2. The second-order valence-electron chi connectivity index (χ2n) is 15.2. The van der Waals surface area contributed by atoms with Crippen molar-refractivity contribution in [1.82, 2.24) is 15.1 Å². The maximum absolute atomic E-state index is 14.0. The van der Waals surface area contributed by atoms with Crippen LogP contribution in [0.5, 0.6) is 5.75 Å². The van der Waals surface area contributed by atoms with Gasteiger partial charge in [-0.05, 0) is 106 Å². The largest absolute Gasteiger partial charge is 0.497 e. The predicted octanol–water partition coefficient (Wildman–Crippen LogP) is 7.57. The Morgan fingerprint density at radius 3 is 2.43 bits per heavy atom. The van der Waals surface area contributed by atoms with E-state index in [1.54, 1.807) is 7.11 Å². The number of benzene rings is 1. The van der Waals surface area contributed by atoms with E-state index in [1.165, 1.54) is 0 Å². The standard InChI is InChI=1S/C38H55N3O4Si/c1-11-13-19-39-33-22-30-21-31(44-7)16-17-32(30)35(41(33)34(42)18-20-46(8,9)10)27(3)14-15-28(12-2)26-40(36(43)45-37(4,5)6)38-23-29(24-38)25-38/h12,14-17,21,29,33,35,39H,3,11,13,19,22-26H2,1-2,4-10H3/b15-14-,28-12+/t29?,33-,35+,38?/m1/s1. The number of rotatable bonds is 11. The molecule has 2 atom stereocenters. The third kappa shape index (κ3) is 8.35. The molecule has 0 spiro atoms. The minimum absolute atomic E-state index is 0.0941. The van der Waals surface area contributed by atoms with E-state index >= 15 is 0 Å². The molecule has 7 nitrogen and oxygen atoms in total. The van der Waals surface area contributed by atoms with Gasteiger partial charge in [0.25, 0.3) is 5.91 Å². The van der Waals surface area contributed by atoms with Crippen molar-refractivity contribution in [2.75, 3.05) is 20.2 Å². The first-order valence-electron chi connectivity index (χ1n) is 16.9. The molecule has 2 amide bonds. The van der Waals surface area contributed by atoms with E-state index in [2.05, 4.69) is 62.1 Å². The lowest BCUT2D eigenvalue weighted by Gasteiger charge is -2.66. The normalized spacial score (nSPS) is 23.8. The number of nitrogens with zero attached hydrogens (tertiary/aromatic N) is 2. The molecular formula is C38H55N3O4Si. The molecule has 8 heteroatoms. The monoisotopic (exact) mass is 645 g/mol. The minimum atomic E-state index is -1.79. The highest BCUT2D eigenvalue weighted by atomic mass is 28.3. The molecule has 250 valence electrons. The number of carbonyl (C=O) groups is 2. The average molecular weight is 646 g/mol. The predicted molar refractivity (Wildman–Crippen MR) is 189 cm³/mol. The molecule has 1 aromatic rings. The first-order chi connectivity index (χ1) is 21.6. The van der Waals surface area contributed by atoms with E-state index in [1.807, 2.05) is 61.8 Å². The van der Waals surface area contributed by atoms with Crippen molar-refractivity contribution in [3.63, 3.8) is 0 Å². The number of methoxy groups -OCH3 is 1. The molecule has 4 aliphatic rings. The Hall–Kier alpha value is -3.28. The van der Waals surface area contributed by atoms with Crippen molar-refractivity contribution in [3.05, 3.63) is 65.3 Å². The zero-order chi connectivity index (χ0) is 33.9. The molecule has 3 saturated carbocycles. The topological polar surface area (TPSA) is 71.1 Å². The SMILES string of the molecule is C=C(/C=C\C(=C/C)CN(C(=O)OC(C)(C)C)C12CC(C1)C2)[C@H]1c2ccc(OC)cc2C[C@H](NCCCC)N1C(=O)C#C[Si](C)(C)C. The fourth-order valence-electron chi connectivity index (χ4n) is 6.58. The molecule has 46 heavy (non-hydrogen) atoms. The van der Waals surface area contributed by atoms with Crippen LogP contribution in [0.25, 0.3) is 0 Å². The molecule has 1 aliphatic heterocycles. The van der Waals surface area contributed by atoms with Crippen LogP contribution in [0.3, 0.4) is 0 Å². The van der Waals surface area contributed by atoms with Crippen molar-refractivity contribution in [2.24, 2.45) is 5.92 Å². The maximum Gasteiger partial charge on any atom is 0.411 e. The van der Waals surface area contributed by atoms with Crippen molar-refractivity contribution in [1.29, 1.82) is 0 Å². The molecule has 0 saturated heterocycles. The number of unbranched alkanes of at least 4 members (excludes halogenated alkanes) is 1. The van der Waals surface area contributed by atoms with Gasteiger partial charge in [-0.25, -0.2) is 4.79 Å². The van der Waals surface area contributed by atoms with E-state index in [0.717, 1.165) is 72.6 Å². The molecule has 3 fully saturated rings. The highest BCUT2D eigenvalue weighted by Crippen LogP contribution is 2.61. The van der Waals surface area contributed by atoms with Crippen LogP contribution in [0.4, 0.5) is 4.79 Å². The van der Waals surface area contributed by atoms with Gasteiger partial charge in [-0.1, -0.05) is 63.9 Å². The van der Waals surface area contributed by atoms with Crippen LogP contribution in [0.2, 0.25) is 19.6 Å². The molecule has 1 heterocycles. The molecule has 5 rings (SSSR count). The molecule has 1 N–H and O–H groups in total. The van der Waals surface area contributed by atoms with Crippen LogP contribution in [0, 0.1) is 17.4 Å². The quantitative estimate of drug-likeness (QED) is 0.116. The molecule has 3 aliphatic carbocycles. The number of allylic oxidation sites excluding steroid dienone is 1. The Kier molecular flexibility index (Phi) is 11.0. The van der Waals surface area contributed by atoms with Gasteiger partial charge < -0.3 is 14.4 Å². The third-order valence-electron chi connectivity index (χ3n) is 9.13. The van der Waals surface area contributed by atoms with Crippen LogP contribution in [0.1, 0.15) is 83.9 Å². The van der Waals surface area contributed by atoms with Crippen molar-refractivity contribution >= 4 is 20.1 Å². The summed E-state index contributed by atoms with van der Waals surface area (Å²) in [5, 5.41) is 3.65. The molecule has 2 bridgehead atoms. The number of hydrogen-bond donors (Lipinski definition) is 1. The summed E-state index contributed by atoms with van der Waals surface area (Å²) in [7, 11) is -0.113. The smallest absolute Gasteiger partial charge is 0.411 e. The fraction of sp³-hybridized carbons (Fsp3) is 0.579. The Balaban J connectivity index is 1.67. The summed E-state index contributed by atoms with van der Waals surface area (Å²) in [5.74, 6) is 4.34. The van der Waals surface area contributed by atoms with E-state index in [0.29, 0.717) is 13.0 Å². The van der Waals surface area contributed by atoms with Gasteiger partial charge in [0.1, 0.15) is 19.4 Å². The number of amides is 2. The Bertz CT molecular complexity index is 1420.